The molecule has 0 aliphatic carbocycles. The van der Waals surface area contributed by atoms with Crippen LogP contribution in [0.4, 0.5) is 0 Å². The molecule has 2 amide bonds. The van der Waals surface area contributed by atoms with Gasteiger partial charge in [0.1, 0.15) is 0 Å². The van der Waals surface area contributed by atoms with Gasteiger partial charge in [0, 0.05) is 22.8 Å². The van der Waals surface area contributed by atoms with Gasteiger partial charge >= 0.3 is 0 Å². The first kappa shape index (κ1) is 19.1. The van der Waals surface area contributed by atoms with Gasteiger partial charge in [-0.1, -0.05) is 13.0 Å². The summed E-state index contributed by atoms with van der Waals surface area (Å²) in [5.74, 6) is 0.0433. The van der Waals surface area contributed by atoms with Gasteiger partial charge in [-0.15, -0.1) is 22.7 Å². The van der Waals surface area contributed by atoms with Gasteiger partial charge < -0.3 is 10.2 Å². The molecule has 0 radical (unpaired) electrons. The summed E-state index contributed by atoms with van der Waals surface area (Å²) in [6.45, 7) is 3.92. The Kier molecular flexibility index (Phi) is 6.45. The first-order chi connectivity index (χ1) is 12.6. The Morgan fingerprint density at radius 3 is 2.85 bits per heavy atom. The van der Waals surface area contributed by atoms with Crippen LogP contribution in [-0.2, 0) is 16.0 Å². The molecule has 140 valence electrons. The van der Waals surface area contributed by atoms with E-state index in [0.717, 1.165) is 19.4 Å². The third kappa shape index (κ3) is 4.34. The van der Waals surface area contributed by atoms with Crippen molar-refractivity contribution in [3.8, 4) is 0 Å². The second-order valence-corrected chi connectivity index (χ2v) is 8.56. The molecule has 0 saturated carbocycles. The minimum atomic E-state index is -0.0317. The van der Waals surface area contributed by atoms with Gasteiger partial charge in [-0.2, -0.15) is 0 Å². The SMILES string of the molecule is CCCNC(=O)CN(C)CC(=O)N1CCc2sccc2[C@H]1c1cccs1. The zero-order chi connectivity index (χ0) is 18.5. The third-order valence-corrected chi connectivity index (χ3v) is 6.41. The van der Waals surface area contributed by atoms with Gasteiger partial charge in [0.2, 0.25) is 11.8 Å². The van der Waals surface area contributed by atoms with E-state index in [4.69, 9.17) is 0 Å². The largest absolute Gasteiger partial charge is 0.355 e. The summed E-state index contributed by atoms with van der Waals surface area (Å²) >= 11 is 3.46. The number of nitrogens with one attached hydrogen (secondary N) is 1. The van der Waals surface area contributed by atoms with Crippen LogP contribution in [0.3, 0.4) is 0 Å². The van der Waals surface area contributed by atoms with E-state index in [1.807, 2.05) is 24.9 Å². The molecule has 1 N–H and O–H groups in total. The van der Waals surface area contributed by atoms with Crippen LogP contribution in [0.1, 0.15) is 34.7 Å². The zero-order valence-corrected chi connectivity index (χ0v) is 16.9. The summed E-state index contributed by atoms with van der Waals surface area (Å²) in [6.07, 6.45) is 1.81. The molecule has 1 aliphatic rings. The maximum atomic E-state index is 13.0. The van der Waals surface area contributed by atoms with Crippen LogP contribution < -0.4 is 5.32 Å². The molecule has 7 heteroatoms. The minimum absolute atomic E-state index is 0.000169. The number of hydrogen-bond donors (Lipinski definition) is 1. The lowest BCUT2D eigenvalue weighted by molar-refractivity contribution is -0.134. The highest BCUT2D eigenvalue weighted by molar-refractivity contribution is 7.10. The van der Waals surface area contributed by atoms with E-state index < -0.39 is 0 Å². The predicted molar refractivity (Wildman–Crippen MR) is 107 cm³/mol. The number of thiophene rings is 2. The molecule has 0 fully saturated rings. The second kappa shape index (κ2) is 8.79. The molecule has 0 bridgehead atoms. The summed E-state index contributed by atoms with van der Waals surface area (Å²) in [6, 6.07) is 6.28. The fourth-order valence-corrected chi connectivity index (χ4v) is 5.04. The van der Waals surface area contributed by atoms with Crippen molar-refractivity contribution in [3.05, 3.63) is 44.3 Å². The molecule has 0 spiro atoms. The molecular weight excluding hydrogens is 366 g/mol. The molecule has 5 nitrogen and oxygen atoms in total. The maximum Gasteiger partial charge on any atom is 0.237 e. The topological polar surface area (TPSA) is 52.7 Å². The monoisotopic (exact) mass is 391 g/mol. The second-order valence-electron chi connectivity index (χ2n) is 6.58. The zero-order valence-electron chi connectivity index (χ0n) is 15.2. The molecule has 2 aromatic heterocycles. The normalized spacial score (nSPS) is 16.6. The Hall–Kier alpha value is -1.70. The molecule has 0 saturated heterocycles. The molecule has 1 atom stereocenters. The van der Waals surface area contributed by atoms with E-state index in [2.05, 4.69) is 28.2 Å². The van der Waals surface area contributed by atoms with Gasteiger partial charge in [0.25, 0.3) is 0 Å². The van der Waals surface area contributed by atoms with Crippen molar-refractivity contribution in [2.24, 2.45) is 0 Å². The average molecular weight is 392 g/mol. The lowest BCUT2D eigenvalue weighted by Gasteiger charge is -2.36. The van der Waals surface area contributed by atoms with Crippen LogP contribution in [0.5, 0.6) is 0 Å². The molecule has 26 heavy (non-hydrogen) atoms. The molecule has 3 heterocycles. The minimum Gasteiger partial charge on any atom is -0.355 e. The van der Waals surface area contributed by atoms with E-state index in [1.54, 1.807) is 27.6 Å². The van der Waals surface area contributed by atoms with Crippen molar-refractivity contribution in [1.29, 1.82) is 0 Å². The average Bonchev–Trinajstić information content (AvgIpc) is 3.29. The Morgan fingerprint density at radius 1 is 1.27 bits per heavy atom. The lowest BCUT2D eigenvalue weighted by atomic mass is 9.98. The van der Waals surface area contributed by atoms with E-state index in [0.29, 0.717) is 6.54 Å². The molecule has 0 aromatic carbocycles. The predicted octanol–water partition coefficient (Wildman–Crippen LogP) is 2.74. The summed E-state index contributed by atoms with van der Waals surface area (Å²) in [5.41, 5.74) is 1.25. The van der Waals surface area contributed by atoms with E-state index in [9.17, 15) is 9.59 Å². The molecule has 1 aliphatic heterocycles. The van der Waals surface area contributed by atoms with Crippen molar-refractivity contribution in [2.75, 3.05) is 33.2 Å². The van der Waals surface area contributed by atoms with Gasteiger partial charge in [0.05, 0.1) is 19.1 Å². The van der Waals surface area contributed by atoms with E-state index in [-0.39, 0.29) is 30.9 Å². The summed E-state index contributed by atoms with van der Waals surface area (Å²) in [4.78, 5) is 31.2. The summed E-state index contributed by atoms with van der Waals surface area (Å²) in [7, 11) is 1.82. The molecule has 0 unspecified atom stereocenters. The van der Waals surface area contributed by atoms with Gasteiger partial charge in [-0.05, 0) is 48.3 Å². The number of rotatable bonds is 7. The fourth-order valence-electron chi connectivity index (χ4n) is 3.28. The van der Waals surface area contributed by atoms with Gasteiger partial charge in [0.15, 0.2) is 0 Å². The number of nitrogens with zero attached hydrogens (tertiary/aromatic N) is 2. The Labute approximate surface area is 162 Å². The van der Waals surface area contributed by atoms with Crippen molar-refractivity contribution in [3.63, 3.8) is 0 Å². The highest BCUT2D eigenvalue weighted by Crippen LogP contribution is 2.39. The van der Waals surface area contributed by atoms with Crippen molar-refractivity contribution >= 4 is 34.5 Å². The van der Waals surface area contributed by atoms with E-state index >= 15 is 0 Å². The van der Waals surface area contributed by atoms with Crippen LogP contribution in [0.15, 0.2) is 29.0 Å². The van der Waals surface area contributed by atoms with Crippen LogP contribution in [-0.4, -0.2) is 54.8 Å². The first-order valence-corrected chi connectivity index (χ1v) is 10.7. The third-order valence-electron chi connectivity index (χ3n) is 4.49. The lowest BCUT2D eigenvalue weighted by Crippen LogP contribution is -2.46. The van der Waals surface area contributed by atoms with Crippen LogP contribution in [0.2, 0.25) is 0 Å². The molecule has 3 rings (SSSR count). The number of carbonyl (C=O) groups is 2. The Bertz CT molecular complexity index is 742. The molecular formula is C19H25N3O2S2. The Balaban J connectivity index is 1.69. The number of amides is 2. The number of hydrogen-bond acceptors (Lipinski definition) is 5. The smallest absolute Gasteiger partial charge is 0.237 e. The standard InChI is InChI=1S/C19H25N3O2S2/c1-3-8-20-17(23)12-21(2)13-18(24)22-9-6-15-14(7-11-26-15)19(22)16-5-4-10-25-16/h4-5,7,10-11,19H,3,6,8-9,12-13H2,1-2H3,(H,20,23)/t19-/m0/s1. The van der Waals surface area contributed by atoms with Crippen molar-refractivity contribution < 1.29 is 9.59 Å². The highest BCUT2D eigenvalue weighted by Gasteiger charge is 2.33. The van der Waals surface area contributed by atoms with Crippen LogP contribution in [0.25, 0.3) is 0 Å². The van der Waals surface area contributed by atoms with Crippen molar-refractivity contribution in [2.45, 2.75) is 25.8 Å². The van der Waals surface area contributed by atoms with Crippen molar-refractivity contribution in [1.82, 2.24) is 15.1 Å². The summed E-state index contributed by atoms with van der Waals surface area (Å²) < 4.78 is 0. The van der Waals surface area contributed by atoms with Crippen LogP contribution >= 0.6 is 22.7 Å². The number of fused-ring (bicyclic) bond motifs is 1. The maximum absolute atomic E-state index is 13.0. The van der Waals surface area contributed by atoms with E-state index in [1.165, 1.54) is 15.3 Å². The summed E-state index contributed by atoms with van der Waals surface area (Å²) in [5, 5.41) is 7.03. The fraction of sp³-hybridized carbons (Fsp3) is 0.474. The Morgan fingerprint density at radius 2 is 2.12 bits per heavy atom. The van der Waals surface area contributed by atoms with Gasteiger partial charge in [-0.25, -0.2) is 0 Å². The molecule has 2 aromatic rings. The highest BCUT2D eigenvalue weighted by atomic mass is 32.1. The van der Waals surface area contributed by atoms with Crippen LogP contribution in [0, 0.1) is 0 Å². The first-order valence-electron chi connectivity index (χ1n) is 8.94. The number of likely N-dealkylation sites (N-methyl/N-ethyl adjacent to an activating group) is 1. The number of carbonyl (C=O) groups excluding carboxylic acids is 2. The van der Waals surface area contributed by atoms with Gasteiger partial charge in [-0.3, -0.25) is 14.5 Å². The quantitative estimate of drug-likeness (QED) is 0.790.